The van der Waals surface area contributed by atoms with E-state index < -0.39 is 0 Å². The standard InChI is InChI=1S/C17H24O3/c1-12-9-16(20-14(3)18)10-13(2)17(12,4)7-5-15-6-8-19-11-15/h6,8-9,11,13,16H,5,7,10H2,1-4H3/t13-,16+,17-/m1/s1. The lowest BCUT2D eigenvalue weighted by atomic mass is 9.64. The second kappa shape index (κ2) is 5.86. The molecule has 0 saturated carbocycles. The average Bonchev–Trinajstić information content (AvgIpc) is 2.86. The Morgan fingerprint density at radius 2 is 2.30 bits per heavy atom. The minimum Gasteiger partial charge on any atom is -0.472 e. The lowest BCUT2D eigenvalue weighted by Gasteiger charge is -2.42. The Bertz CT molecular complexity index is 486. The smallest absolute Gasteiger partial charge is 0.303 e. The number of hydrogen-bond donors (Lipinski definition) is 0. The summed E-state index contributed by atoms with van der Waals surface area (Å²) in [6.45, 7) is 8.19. The van der Waals surface area contributed by atoms with Crippen LogP contribution in [0, 0.1) is 11.3 Å². The predicted octanol–water partition coefficient (Wildman–Crippen LogP) is 4.14. The molecule has 3 nitrogen and oxygen atoms in total. The summed E-state index contributed by atoms with van der Waals surface area (Å²) in [4.78, 5) is 11.1. The van der Waals surface area contributed by atoms with Gasteiger partial charge in [0, 0.05) is 6.92 Å². The third kappa shape index (κ3) is 3.14. The minimum atomic E-state index is -0.201. The van der Waals surface area contributed by atoms with E-state index in [1.54, 1.807) is 6.26 Å². The zero-order chi connectivity index (χ0) is 14.8. The molecule has 1 aromatic rings. The van der Waals surface area contributed by atoms with Crippen molar-refractivity contribution in [3.05, 3.63) is 35.8 Å². The summed E-state index contributed by atoms with van der Waals surface area (Å²) in [5.74, 6) is 0.289. The maximum absolute atomic E-state index is 11.1. The summed E-state index contributed by atoms with van der Waals surface area (Å²) >= 11 is 0. The Hall–Kier alpha value is -1.51. The fourth-order valence-corrected chi connectivity index (χ4v) is 3.11. The van der Waals surface area contributed by atoms with Gasteiger partial charge < -0.3 is 9.15 Å². The maximum atomic E-state index is 11.1. The van der Waals surface area contributed by atoms with E-state index in [4.69, 9.17) is 9.15 Å². The molecule has 0 unspecified atom stereocenters. The number of ether oxygens (including phenoxy) is 1. The molecule has 0 radical (unpaired) electrons. The van der Waals surface area contributed by atoms with Crippen LogP contribution in [0.3, 0.4) is 0 Å². The van der Waals surface area contributed by atoms with Gasteiger partial charge >= 0.3 is 5.97 Å². The summed E-state index contributed by atoms with van der Waals surface area (Å²) in [5, 5.41) is 0. The highest BCUT2D eigenvalue weighted by molar-refractivity contribution is 5.66. The molecule has 0 fully saturated rings. The molecule has 1 heterocycles. The monoisotopic (exact) mass is 276 g/mol. The molecule has 3 atom stereocenters. The van der Waals surface area contributed by atoms with Crippen LogP contribution in [0.4, 0.5) is 0 Å². The van der Waals surface area contributed by atoms with Crippen molar-refractivity contribution >= 4 is 5.97 Å². The lowest BCUT2D eigenvalue weighted by molar-refractivity contribution is -0.145. The van der Waals surface area contributed by atoms with Gasteiger partial charge in [-0.3, -0.25) is 4.79 Å². The molecule has 0 spiro atoms. The van der Waals surface area contributed by atoms with Crippen molar-refractivity contribution in [3.8, 4) is 0 Å². The van der Waals surface area contributed by atoms with Crippen molar-refractivity contribution in [1.29, 1.82) is 0 Å². The van der Waals surface area contributed by atoms with Crippen molar-refractivity contribution in [1.82, 2.24) is 0 Å². The third-order valence-electron chi connectivity index (χ3n) is 4.84. The molecule has 0 amide bonds. The van der Waals surface area contributed by atoms with E-state index in [0.717, 1.165) is 19.3 Å². The molecule has 0 aliphatic heterocycles. The van der Waals surface area contributed by atoms with Gasteiger partial charge in [-0.15, -0.1) is 0 Å². The molecule has 3 heteroatoms. The molecule has 1 aromatic heterocycles. The molecule has 110 valence electrons. The molecule has 1 aliphatic rings. The van der Waals surface area contributed by atoms with Crippen LogP contribution in [0.5, 0.6) is 0 Å². The lowest BCUT2D eigenvalue weighted by Crippen LogP contribution is -2.36. The van der Waals surface area contributed by atoms with Crippen molar-refractivity contribution in [2.75, 3.05) is 0 Å². The highest BCUT2D eigenvalue weighted by atomic mass is 16.5. The Morgan fingerprint density at radius 1 is 1.55 bits per heavy atom. The quantitative estimate of drug-likeness (QED) is 0.613. The zero-order valence-electron chi connectivity index (χ0n) is 12.8. The normalized spacial score (nSPS) is 29.9. The molecule has 1 aliphatic carbocycles. The molecule has 0 N–H and O–H groups in total. The van der Waals surface area contributed by atoms with E-state index in [1.807, 2.05) is 12.3 Å². The van der Waals surface area contributed by atoms with Crippen molar-refractivity contribution in [2.45, 2.75) is 53.1 Å². The number of esters is 1. The van der Waals surface area contributed by atoms with Crippen molar-refractivity contribution in [2.24, 2.45) is 11.3 Å². The van der Waals surface area contributed by atoms with Gasteiger partial charge in [0.25, 0.3) is 0 Å². The number of allylic oxidation sites excluding steroid dienone is 1. The third-order valence-corrected chi connectivity index (χ3v) is 4.84. The van der Waals surface area contributed by atoms with Gasteiger partial charge in [-0.1, -0.05) is 19.4 Å². The van der Waals surface area contributed by atoms with Crippen molar-refractivity contribution in [3.63, 3.8) is 0 Å². The van der Waals surface area contributed by atoms with E-state index in [9.17, 15) is 4.79 Å². The number of aryl methyl sites for hydroxylation is 1. The van der Waals surface area contributed by atoms with Crippen LogP contribution in [0.1, 0.15) is 46.1 Å². The predicted molar refractivity (Wildman–Crippen MR) is 78.2 cm³/mol. The van der Waals surface area contributed by atoms with E-state index in [2.05, 4.69) is 26.8 Å². The zero-order valence-corrected chi connectivity index (χ0v) is 12.8. The number of rotatable bonds is 4. The summed E-state index contributed by atoms with van der Waals surface area (Å²) in [7, 11) is 0. The maximum Gasteiger partial charge on any atom is 0.303 e. The summed E-state index contributed by atoms with van der Waals surface area (Å²) in [6, 6.07) is 2.03. The second-order valence-electron chi connectivity index (χ2n) is 6.18. The SMILES string of the molecule is CC(=O)O[C@H]1C=C(C)[C@@](C)(CCc2ccoc2)[C@H](C)C1. The minimum absolute atomic E-state index is 0.0653. The van der Waals surface area contributed by atoms with E-state index in [1.165, 1.54) is 18.1 Å². The molecule has 2 rings (SSSR count). The van der Waals surface area contributed by atoms with E-state index in [-0.39, 0.29) is 17.5 Å². The Balaban J connectivity index is 2.07. The van der Waals surface area contributed by atoms with E-state index in [0.29, 0.717) is 5.92 Å². The fourth-order valence-electron chi connectivity index (χ4n) is 3.11. The van der Waals surface area contributed by atoms with Gasteiger partial charge in [0.2, 0.25) is 0 Å². The number of furan rings is 1. The number of carbonyl (C=O) groups is 1. The Kier molecular flexibility index (Phi) is 4.36. The van der Waals surface area contributed by atoms with Gasteiger partial charge in [-0.2, -0.15) is 0 Å². The van der Waals surface area contributed by atoms with Crippen LogP contribution in [0.2, 0.25) is 0 Å². The first-order valence-electron chi connectivity index (χ1n) is 7.29. The van der Waals surface area contributed by atoms with Gasteiger partial charge in [-0.25, -0.2) is 0 Å². The van der Waals surface area contributed by atoms with Gasteiger partial charge in [0.05, 0.1) is 12.5 Å². The first kappa shape index (κ1) is 14.9. The molecule has 0 saturated heterocycles. The molecule has 0 bridgehead atoms. The number of carbonyl (C=O) groups excluding carboxylic acids is 1. The second-order valence-corrected chi connectivity index (χ2v) is 6.18. The first-order chi connectivity index (χ1) is 9.41. The molecule has 20 heavy (non-hydrogen) atoms. The highest BCUT2D eigenvalue weighted by Crippen LogP contribution is 2.45. The Labute approximate surface area is 121 Å². The van der Waals surface area contributed by atoms with Crippen LogP contribution >= 0.6 is 0 Å². The van der Waals surface area contributed by atoms with Crippen LogP contribution in [0.15, 0.2) is 34.7 Å². The van der Waals surface area contributed by atoms with Crippen LogP contribution in [-0.4, -0.2) is 12.1 Å². The highest BCUT2D eigenvalue weighted by Gasteiger charge is 2.38. The molecule has 0 aromatic carbocycles. The van der Waals surface area contributed by atoms with Crippen LogP contribution in [0.25, 0.3) is 0 Å². The average molecular weight is 276 g/mol. The largest absolute Gasteiger partial charge is 0.472 e. The molecular formula is C17H24O3. The van der Waals surface area contributed by atoms with Gasteiger partial charge in [0.1, 0.15) is 6.10 Å². The van der Waals surface area contributed by atoms with Gasteiger partial charge in [-0.05, 0) is 55.2 Å². The fraction of sp³-hybridized carbons (Fsp3) is 0.588. The summed E-state index contributed by atoms with van der Waals surface area (Å²) in [5.41, 5.74) is 2.73. The van der Waals surface area contributed by atoms with E-state index >= 15 is 0 Å². The van der Waals surface area contributed by atoms with Crippen LogP contribution in [-0.2, 0) is 16.0 Å². The topological polar surface area (TPSA) is 39.4 Å². The summed E-state index contributed by atoms with van der Waals surface area (Å²) < 4.78 is 10.5. The summed E-state index contributed by atoms with van der Waals surface area (Å²) in [6.07, 6.45) is 8.60. The van der Waals surface area contributed by atoms with Crippen LogP contribution < -0.4 is 0 Å². The number of hydrogen-bond acceptors (Lipinski definition) is 3. The molecular weight excluding hydrogens is 252 g/mol. The first-order valence-corrected chi connectivity index (χ1v) is 7.29. The Morgan fingerprint density at radius 3 is 2.85 bits per heavy atom. The van der Waals surface area contributed by atoms with Gasteiger partial charge in [0.15, 0.2) is 0 Å². The van der Waals surface area contributed by atoms with Crippen molar-refractivity contribution < 1.29 is 13.9 Å².